The molecule has 0 atom stereocenters. The zero-order valence-electron chi connectivity index (χ0n) is 9.45. The molecule has 2 aromatic rings. The van der Waals surface area contributed by atoms with Crippen molar-refractivity contribution < 1.29 is 9.90 Å². The van der Waals surface area contributed by atoms with Crippen molar-refractivity contribution in [1.29, 1.82) is 0 Å². The Morgan fingerprint density at radius 3 is 2.32 bits per heavy atom. The summed E-state index contributed by atoms with van der Waals surface area (Å²) in [5, 5.41) is 12.3. The molecule has 0 aliphatic rings. The van der Waals surface area contributed by atoms with Gasteiger partial charge in [-0.25, -0.2) is 0 Å². The first-order valence-corrected chi connectivity index (χ1v) is 7.06. The van der Waals surface area contributed by atoms with Crippen molar-refractivity contribution in [2.45, 2.75) is 0 Å². The van der Waals surface area contributed by atoms with Crippen LogP contribution in [0.2, 0.25) is 10.0 Å². The fraction of sp³-hybridized carbons (Fsp3) is 0. The molecule has 2 aromatic carbocycles. The molecule has 3 nitrogen and oxygen atoms in total. The fourth-order valence-corrected chi connectivity index (χ4v) is 2.60. The molecule has 0 saturated heterocycles. The van der Waals surface area contributed by atoms with E-state index in [2.05, 4.69) is 27.9 Å². The normalized spacial score (nSPS) is 10.3. The van der Waals surface area contributed by atoms with Gasteiger partial charge < -0.3 is 10.4 Å². The lowest BCUT2D eigenvalue weighted by atomic mass is 10.2. The van der Waals surface area contributed by atoms with E-state index in [0.717, 1.165) is 3.57 Å². The summed E-state index contributed by atoms with van der Waals surface area (Å²) < 4.78 is 0.841. The molecule has 0 radical (unpaired) electrons. The third kappa shape index (κ3) is 3.32. The molecule has 6 heteroatoms. The van der Waals surface area contributed by atoms with Gasteiger partial charge in [-0.3, -0.25) is 4.79 Å². The SMILES string of the molecule is O=C(Nc1cc(Cl)c(O)c(Cl)c1)c1ccccc1I. The predicted molar refractivity (Wildman–Crippen MR) is 85.2 cm³/mol. The molecule has 0 saturated carbocycles. The van der Waals surface area contributed by atoms with Gasteiger partial charge in [0.25, 0.3) is 5.91 Å². The van der Waals surface area contributed by atoms with Gasteiger partial charge in [-0.1, -0.05) is 35.3 Å². The van der Waals surface area contributed by atoms with Crippen LogP contribution in [0.4, 0.5) is 5.69 Å². The van der Waals surface area contributed by atoms with Gasteiger partial charge in [0.05, 0.1) is 15.6 Å². The van der Waals surface area contributed by atoms with E-state index >= 15 is 0 Å². The van der Waals surface area contributed by atoms with E-state index < -0.39 is 0 Å². The van der Waals surface area contributed by atoms with Crippen molar-refractivity contribution in [3.8, 4) is 5.75 Å². The number of carbonyl (C=O) groups excluding carboxylic acids is 1. The van der Waals surface area contributed by atoms with E-state index in [1.165, 1.54) is 12.1 Å². The molecular weight excluding hydrogens is 400 g/mol. The first kappa shape index (κ1) is 14.4. The number of carbonyl (C=O) groups is 1. The lowest BCUT2D eigenvalue weighted by Gasteiger charge is -2.09. The summed E-state index contributed by atoms with van der Waals surface area (Å²) >= 11 is 13.7. The molecule has 1 amide bonds. The molecule has 0 aromatic heterocycles. The van der Waals surface area contributed by atoms with Crippen LogP contribution in [0.1, 0.15) is 10.4 Å². The molecule has 0 heterocycles. The average Bonchev–Trinajstić information content (AvgIpc) is 2.36. The van der Waals surface area contributed by atoms with Crippen LogP contribution in [0.3, 0.4) is 0 Å². The minimum absolute atomic E-state index is 0.0885. The Hall–Kier alpha value is -0.980. The highest BCUT2D eigenvalue weighted by molar-refractivity contribution is 14.1. The third-order valence-corrected chi connectivity index (χ3v) is 3.91. The van der Waals surface area contributed by atoms with Crippen LogP contribution in [0.15, 0.2) is 36.4 Å². The van der Waals surface area contributed by atoms with Crippen molar-refractivity contribution in [3.63, 3.8) is 0 Å². The van der Waals surface area contributed by atoms with E-state index in [-0.39, 0.29) is 21.7 Å². The summed E-state index contributed by atoms with van der Waals surface area (Å²) in [7, 11) is 0. The van der Waals surface area contributed by atoms with E-state index in [1.807, 2.05) is 12.1 Å². The predicted octanol–water partition coefficient (Wildman–Crippen LogP) is 4.56. The summed E-state index contributed by atoms with van der Waals surface area (Å²) in [4.78, 5) is 12.1. The van der Waals surface area contributed by atoms with Gasteiger partial charge in [0.1, 0.15) is 0 Å². The molecule has 0 bridgehead atoms. The van der Waals surface area contributed by atoms with Gasteiger partial charge in [-0.2, -0.15) is 0 Å². The zero-order valence-corrected chi connectivity index (χ0v) is 13.1. The number of halogens is 3. The quantitative estimate of drug-likeness (QED) is 0.566. The lowest BCUT2D eigenvalue weighted by Crippen LogP contribution is -2.13. The number of hydrogen-bond donors (Lipinski definition) is 2. The topological polar surface area (TPSA) is 49.3 Å². The number of aromatic hydroxyl groups is 1. The molecular formula is C13H8Cl2INO2. The standard InChI is InChI=1S/C13H8Cl2INO2/c14-9-5-7(6-10(15)12(9)18)17-13(19)8-3-1-2-4-11(8)16/h1-6,18H,(H,17,19). The maximum atomic E-state index is 12.1. The third-order valence-electron chi connectivity index (χ3n) is 2.39. The van der Waals surface area contributed by atoms with Crippen molar-refractivity contribution in [2.24, 2.45) is 0 Å². The molecule has 0 aliphatic carbocycles. The number of anilines is 1. The number of amides is 1. The number of phenolic OH excluding ortho intramolecular Hbond substituents is 1. The molecule has 2 rings (SSSR count). The Balaban J connectivity index is 2.27. The minimum atomic E-state index is -0.261. The van der Waals surface area contributed by atoms with Crippen LogP contribution in [-0.4, -0.2) is 11.0 Å². The first-order valence-electron chi connectivity index (χ1n) is 5.23. The number of hydrogen-bond acceptors (Lipinski definition) is 2. The fourth-order valence-electron chi connectivity index (χ4n) is 1.48. The van der Waals surface area contributed by atoms with Gasteiger partial charge in [0, 0.05) is 9.26 Å². The average molecular weight is 408 g/mol. The van der Waals surface area contributed by atoms with E-state index in [9.17, 15) is 9.90 Å². The largest absolute Gasteiger partial charge is 0.505 e. The van der Waals surface area contributed by atoms with Crippen molar-refractivity contribution in [1.82, 2.24) is 0 Å². The maximum Gasteiger partial charge on any atom is 0.256 e. The number of nitrogens with one attached hydrogen (secondary N) is 1. The second-order valence-corrected chi connectivity index (χ2v) is 5.70. The Labute approximate surface area is 133 Å². The van der Waals surface area contributed by atoms with Gasteiger partial charge in [0.15, 0.2) is 5.75 Å². The van der Waals surface area contributed by atoms with Gasteiger partial charge in [-0.15, -0.1) is 0 Å². The first-order chi connectivity index (χ1) is 8.99. The highest BCUT2D eigenvalue weighted by Crippen LogP contribution is 2.34. The Bertz CT molecular complexity index is 623. The van der Waals surface area contributed by atoms with Crippen molar-refractivity contribution >= 4 is 57.4 Å². The zero-order chi connectivity index (χ0) is 14.0. The molecule has 98 valence electrons. The Morgan fingerprint density at radius 2 is 1.74 bits per heavy atom. The summed E-state index contributed by atoms with van der Waals surface area (Å²) in [5.74, 6) is -0.460. The summed E-state index contributed by atoms with van der Waals surface area (Å²) in [6.07, 6.45) is 0. The van der Waals surface area contributed by atoms with Crippen LogP contribution in [0.25, 0.3) is 0 Å². The highest BCUT2D eigenvalue weighted by atomic mass is 127. The molecule has 0 spiro atoms. The van der Waals surface area contributed by atoms with E-state index in [4.69, 9.17) is 23.2 Å². The molecule has 0 aliphatic heterocycles. The minimum Gasteiger partial charge on any atom is -0.505 e. The van der Waals surface area contributed by atoms with E-state index in [1.54, 1.807) is 12.1 Å². The molecule has 0 fully saturated rings. The summed E-state index contributed by atoms with van der Waals surface area (Å²) in [6.45, 7) is 0. The van der Waals surface area contributed by atoms with Crippen LogP contribution in [0, 0.1) is 3.57 Å². The van der Waals surface area contributed by atoms with Crippen molar-refractivity contribution in [2.75, 3.05) is 5.32 Å². The van der Waals surface area contributed by atoms with E-state index in [0.29, 0.717) is 11.3 Å². The second kappa shape index (κ2) is 5.98. The number of phenols is 1. The summed E-state index contributed by atoms with van der Waals surface area (Å²) in [5.41, 5.74) is 0.987. The van der Waals surface area contributed by atoms with Crippen molar-refractivity contribution in [3.05, 3.63) is 55.6 Å². The number of rotatable bonds is 2. The van der Waals surface area contributed by atoms with Crippen LogP contribution in [0.5, 0.6) is 5.75 Å². The van der Waals surface area contributed by atoms with Crippen LogP contribution >= 0.6 is 45.8 Å². The van der Waals surface area contributed by atoms with Crippen LogP contribution < -0.4 is 5.32 Å². The lowest BCUT2D eigenvalue weighted by molar-refractivity contribution is 0.102. The smallest absolute Gasteiger partial charge is 0.256 e. The Kier molecular flexibility index (Phi) is 4.54. The monoisotopic (exact) mass is 407 g/mol. The highest BCUT2D eigenvalue weighted by Gasteiger charge is 2.12. The molecule has 0 unspecified atom stereocenters. The second-order valence-electron chi connectivity index (χ2n) is 3.72. The Morgan fingerprint density at radius 1 is 1.16 bits per heavy atom. The number of benzene rings is 2. The van der Waals surface area contributed by atoms with Gasteiger partial charge in [-0.05, 0) is 46.9 Å². The maximum absolute atomic E-state index is 12.1. The molecule has 2 N–H and O–H groups in total. The van der Waals surface area contributed by atoms with Crippen LogP contribution in [-0.2, 0) is 0 Å². The van der Waals surface area contributed by atoms with Gasteiger partial charge in [0.2, 0.25) is 0 Å². The summed E-state index contributed by atoms with van der Waals surface area (Å²) in [6, 6.07) is 10.1. The molecule has 19 heavy (non-hydrogen) atoms. The van der Waals surface area contributed by atoms with Gasteiger partial charge >= 0.3 is 0 Å².